The first-order valence-electron chi connectivity index (χ1n) is 6.41. The van der Waals surface area contributed by atoms with Crippen molar-refractivity contribution in [3.63, 3.8) is 0 Å². The molecule has 0 atom stereocenters. The number of carbonyl (C=O) groups is 2. The van der Waals surface area contributed by atoms with Crippen LogP contribution in [0, 0.1) is 0 Å². The summed E-state index contributed by atoms with van der Waals surface area (Å²) in [6, 6.07) is 7.48. The fraction of sp³-hybridized carbons (Fsp3) is 0.429. The van der Waals surface area contributed by atoms with Gasteiger partial charge in [-0.25, -0.2) is 0 Å². The smallest absolute Gasteiger partial charge is 0.224 e. The summed E-state index contributed by atoms with van der Waals surface area (Å²) < 4.78 is 0. The summed E-state index contributed by atoms with van der Waals surface area (Å²) in [5.74, 6) is -1.54. The van der Waals surface area contributed by atoms with Gasteiger partial charge in [0.1, 0.15) is 0 Å². The molecule has 0 saturated heterocycles. The van der Waals surface area contributed by atoms with Crippen LogP contribution >= 0.6 is 0 Å². The number of hydrogen-bond acceptors (Lipinski definition) is 4. The van der Waals surface area contributed by atoms with E-state index in [-0.39, 0.29) is 18.7 Å². The van der Waals surface area contributed by atoms with Gasteiger partial charge in [0.25, 0.3) is 0 Å². The highest BCUT2D eigenvalue weighted by molar-refractivity contribution is 5.92. The summed E-state index contributed by atoms with van der Waals surface area (Å²) in [6.07, 6.45) is -0.330. The van der Waals surface area contributed by atoms with E-state index in [9.17, 15) is 14.7 Å². The molecule has 19 heavy (non-hydrogen) atoms. The van der Waals surface area contributed by atoms with Crippen LogP contribution < -0.4 is 15.3 Å². The molecule has 0 aromatic heterocycles. The summed E-state index contributed by atoms with van der Waals surface area (Å²) in [6.45, 7) is 6.01. The van der Waals surface area contributed by atoms with Gasteiger partial charge in [-0.05, 0) is 44.5 Å². The third kappa shape index (κ3) is 4.99. The van der Waals surface area contributed by atoms with E-state index in [1.807, 2.05) is 24.3 Å². The Hall–Kier alpha value is -2.04. The summed E-state index contributed by atoms with van der Waals surface area (Å²) in [5, 5.41) is 12.9. The molecule has 1 amide bonds. The summed E-state index contributed by atoms with van der Waals surface area (Å²) >= 11 is 0. The molecule has 1 rings (SSSR count). The quantitative estimate of drug-likeness (QED) is 0.796. The number of nitrogens with one attached hydrogen (secondary N) is 1. The van der Waals surface area contributed by atoms with Crippen LogP contribution in [-0.4, -0.2) is 25.0 Å². The van der Waals surface area contributed by atoms with Crippen molar-refractivity contribution in [1.29, 1.82) is 0 Å². The summed E-state index contributed by atoms with van der Waals surface area (Å²) in [4.78, 5) is 23.9. The van der Waals surface area contributed by atoms with Gasteiger partial charge in [0.2, 0.25) is 5.91 Å². The van der Waals surface area contributed by atoms with Crippen LogP contribution in [0.2, 0.25) is 0 Å². The van der Waals surface area contributed by atoms with Gasteiger partial charge in [-0.3, -0.25) is 4.79 Å². The van der Waals surface area contributed by atoms with Gasteiger partial charge in [-0.1, -0.05) is 0 Å². The third-order valence-electron chi connectivity index (χ3n) is 2.84. The van der Waals surface area contributed by atoms with Crippen molar-refractivity contribution in [3.8, 4) is 0 Å². The SMILES string of the molecule is CCN(CC)c1ccc(NC(=O)CCC(=O)[O-])cc1. The third-order valence-corrected chi connectivity index (χ3v) is 2.84. The van der Waals surface area contributed by atoms with Crippen molar-refractivity contribution in [2.45, 2.75) is 26.7 Å². The minimum Gasteiger partial charge on any atom is -0.550 e. The predicted molar refractivity (Wildman–Crippen MR) is 72.9 cm³/mol. The number of benzene rings is 1. The molecule has 0 aliphatic heterocycles. The van der Waals surface area contributed by atoms with Crippen LogP contribution in [0.3, 0.4) is 0 Å². The Bertz CT molecular complexity index is 425. The van der Waals surface area contributed by atoms with E-state index in [1.54, 1.807) is 0 Å². The second-order valence-corrected chi connectivity index (χ2v) is 4.14. The molecule has 5 heteroatoms. The van der Waals surface area contributed by atoms with E-state index < -0.39 is 5.97 Å². The van der Waals surface area contributed by atoms with Crippen molar-refractivity contribution in [3.05, 3.63) is 24.3 Å². The van der Waals surface area contributed by atoms with E-state index in [2.05, 4.69) is 24.1 Å². The van der Waals surface area contributed by atoms with Crippen LogP contribution in [-0.2, 0) is 9.59 Å². The lowest BCUT2D eigenvalue weighted by molar-refractivity contribution is -0.305. The lowest BCUT2D eigenvalue weighted by Crippen LogP contribution is -2.24. The van der Waals surface area contributed by atoms with E-state index in [4.69, 9.17) is 0 Å². The Morgan fingerprint density at radius 2 is 1.68 bits per heavy atom. The largest absolute Gasteiger partial charge is 0.550 e. The number of anilines is 2. The maximum Gasteiger partial charge on any atom is 0.224 e. The first-order chi connectivity index (χ1) is 9.06. The highest BCUT2D eigenvalue weighted by Gasteiger charge is 2.04. The fourth-order valence-corrected chi connectivity index (χ4v) is 1.78. The number of hydrogen-bond donors (Lipinski definition) is 1. The van der Waals surface area contributed by atoms with Crippen molar-refractivity contribution < 1.29 is 14.7 Å². The van der Waals surface area contributed by atoms with Gasteiger partial charge in [0.15, 0.2) is 0 Å². The van der Waals surface area contributed by atoms with E-state index in [1.165, 1.54) is 0 Å². The summed E-state index contributed by atoms with van der Waals surface area (Å²) in [7, 11) is 0. The van der Waals surface area contributed by atoms with Gasteiger partial charge in [0.05, 0.1) is 0 Å². The lowest BCUT2D eigenvalue weighted by atomic mass is 10.2. The molecular formula is C14H19N2O3-. The molecule has 0 saturated carbocycles. The van der Waals surface area contributed by atoms with Crippen molar-refractivity contribution in [1.82, 2.24) is 0 Å². The Morgan fingerprint density at radius 1 is 1.11 bits per heavy atom. The Balaban J connectivity index is 2.56. The lowest BCUT2D eigenvalue weighted by Gasteiger charge is -2.21. The highest BCUT2D eigenvalue weighted by atomic mass is 16.4. The first-order valence-corrected chi connectivity index (χ1v) is 6.41. The molecule has 0 aliphatic rings. The Kier molecular flexibility index (Phi) is 5.85. The molecule has 0 heterocycles. The van der Waals surface area contributed by atoms with Crippen LogP contribution in [0.1, 0.15) is 26.7 Å². The van der Waals surface area contributed by atoms with E-state index in [0.717, 1.165) is 18.8 Å². The Morgan fingerprint density at radius 3 is 2.16 bits per heavy atom. The van der Waals surface area contributed by atoms with Crippen LogP contribution in [0.5, 0.6) is 0 Å². The number of carboxylic acids is 1. The van der Waals surface area contributed by atoms with Gasteiger partial charge < -0.3 is 20.1 Å². The molecule has 0 aliphatic carbocycles. The minimum atomic E-state index is -1.22. The van der Waals surface area contributed by atoms with Gasteiger partial charge >= 0.3 is 0 Å². The molecule has 0 bridgehead atoms. The minimum absolute atomic E-state index is 0.0693. The predicted octanol–water partition coefficient (Wildman–Crippen LogP) is 1.00. The number of carbonyl (C=O) groups excluding carboxylic acids is 2. The molecule has 0 radical (unpaired) electrons. The molecule has 1 aromatic carbocycles. The standard InChI is InChI=1S/C14H20N2O3/c1-3-16(4-2)12-7-5-11(6-8-12)15-13(17)9-10-14(18)19/h5-8H,3-4,9-10H2,1-2H3,(H,15,17)(H,18,19)/p-1. The average Bonchev–Trinajstić information content (AvgIpc) is 2.40. The fourth-order valence-electron chi connectivity index (χ4n) is 1.78. The topological polar surface area (TPSA) is 72.5 Å². The molecule has 0 fully saturated rings. The van der Waals surface area contributed by atoms with E-state index >= 15 is 0 Å². The van der Waals surface area contributed by atoms with Gasteiger partial charge in [-0.15, -0.1) is 0 Å². The number of amides is 1. The normalized spacial score (nSPS) is 10.0. The second kappa shape index (κ2) is 7.41. The van der Waals surface area contributed by atoms with Crippen molar-refractivity contribution in [2.24, 2.45) is 0 Å². The van der Waals surface area contributed by atoms with Crippen molar-refractivity contribution >= 4 is 23.3 Å². The van der Waals surface area contributed by atoms with Crippen LogP contribution in [0.25, 0.3) is 0 Å². The maximum absolute atomic E-state index is 11.4. The zero-order chi connectivity index (χ0) is 14.3. The number of carboxylic acid groups (broad SMARTS) is 1. The number of nitrogens with zero attached hydrogens (tertiary/aromatic N) is 1. The van der Waals surface area contributed by atoms with E-state index in [0.29, 0.717) is 5.69 Å². The first kappa shape index (κ1) is 15.0. The van der Waals surface area contributed by atoms with Gasteiger partial charge in [0, 0.05) is 36.9 Å². The van der Waals surface area contributed by atoms with Crippen molar-refractivity contribution in [2.75, 3.05) is 23.3 Å². The molecular weight excluding hydrogens is 244 g/mol. The monoisotopic (exact) mass is 263 g/mol. The molecule has 104 valence electrons. The van der Waals surface area contributed by atoms with Gasteiger partial charge in [-0.2, -0.15) is 0 Å². The average molecular weight is 263 g/mol. The second-order valence-electron chi connectivity index (χ2n) is 4.14. The zero-order valence-electron chi connectivity index (χ0n) is 11.3. The molecule has 1 N–H and O–H groups in total. The number of rotatable bonds is 7. The molecule has 1 aromatic rings. The molecule has 0 unspecified atom stereocenters. The number of aliphatic carboxylic acids is 1. The summed E-state index contributed by atoms with van der Waals surface area (Å²) in [5.41, 5.74) is 1.76. The molecule has 0 spiro atoms. The molecule has 5 nitrogen and oxygen atoms in total. The van der Waals surface area contributed by atoms with Crippen LogP contribution in [0.4, 0.5) is 11.4 Å². The maximum atomic E-state index is 11.4. The highest BCUT2D eigenvalue weighted by Crippen LogP contribution is 2.17. The zero-order valence-corrected chi connectivity index (χ0v) is 11.3. The Labute approximate surface area is 113 Å². The van der Waals surface area contributed by atoms with Crippen LogP contribution in [0.15, 0.2) is 24.3 Å².